The van der Waals surface area contributed by atoms with E-state index in [0.717, 1.165) is 23.5 Å². The predicted molar refractivity (Wildman–Crippen MR) is 105 cm³/mol. The molecule has 1 amide bonds. The third-order valence-electron chi connectivity index (χ3n) is 4.58. The molecule has 2 N–H and O–H groups in total. The van der Waals surface area contributed by atoms with Gasteiger partial charge in [-0.3, -0.25) is 4.79 Å². The number of benzene rings is 2. The van der Waals surface area contributed by atoms with E-state index in [4.69, 9.17) is 4.74 Å². The average molecular weight is 385 g/mol. The summed E-state index contributed by atoms with van der Waals surface area (Å²) < 4.78 is 5.36. The summed E-state index contributed by atoms with van der Waals surface area (Å²) in [4.78, 5) is 25.1. The van der Waals surface area contributed by atoms with Crippen molar-refractivity contribution in [2.24, 2.45) is 5.92 Å². The van der Waals surface area contributed by atoms with Gasteiger partial charge < -0.3 is 15.2 Å². The van der Waals surface area contributed by atoms with Crippen molar-refractivity contribution in [1.82, 2.24) is 5.32 Å². The van der Waals surface area contributed by atoms with Gasteiger partial charge in [-0.15, -0.1) is 11.8 Å². The largest absolute Gasteiger partial charge is 0.480 e. The van der Waals surface area contributed by atoms with Crippen LogP contribution in [0.3, 0.4) is 0 Å². The van der Waals surface area contributed by atoms with Crippen molar-refractivity contribution < 1.29 is 19.4 Å². The Morgan fingerprint density at radius 1 is 1.15 bits per heavy atom. The van der Waals surface area contributed by atoms with Gasteiger partial charge in [0.15, 0.2) is 0 Å². The van der Waals surface area contributed by atoms with Gasteiger partial charge in [0.2, 0.25) is 0 Å². The van der Waals surface area contributed by atoms with Crippen LogP contribution in [-0.4, -0.2) is 36.2 Å². The number of amides is 1. The molecule has 3 rings (SSSR count). The minimum Gasteiger partial charge on any atom is -0.480 e. The van der Waals surface area contributed by atoms with E-state index in [0.29, 0.717) is 18.8 Å². The highest BCUT2D eigenvalue weighted by Crippen LogP contribution is 2.23. The number of rotatable bonds is 7. The van der Waals surface area contributed by atoms with Crippen LogP contribution >= 0.6 is 11.8 Å². The fourth-order valence-corrected chi connectivity index (χ4v) is 3.93. The Labute approximate surface area is 163 Å². The van der Waals surface area contributed by atoms with Gasteiger partial charge in [0, 0.05) is 28.7 Å². The van der Waals surface area contributed by atoms with Crippen molar-refractivity contribution in [2.45, 2.75) is 29.5 Å². The van der Waals surface area contributed by atoms with Crippen LogP contribution in [0.2, 0.25) is 0 Å². The minimum atomic E-state index is -1.02. The number of thioether (sulfide) groups is 1. The Morgan fingerprint density at radius 2 is 1.89 bits per heavy atom. The molecule has 5 nitrogen and oxygen atoms in total. The topological polar surface area (TPSA) is 75.6 Å². The van der Waals surface area contributed by atoms with Gasteiger partial charge in [-0.1, -0.05) is 30.3 Å². The number of carboxylic acids is 1. The molecule has 2 aromatic carbocycles. The fourth-order valence-electron chi connectivity index (χ4n) is 3.08. The Kier molecular flexibility index (Phi) is 6.90. The summed E-state index contributed by atoms with van der Waals surface area (Å²) in [7, 11) is 0. The van der Waals surface area contributed by atoms with Gasteiger partial charge in [0.1, 0.15) is 6.04 Å². The molecule has 1 aliphatic heterocycles. The third-order valence-corrected chi connectivity index (χ3v) is 5.67. The van der Waals surface area contributed by atoms with E-state index in [2.05, 4.69) is 17.4 Å². The van der Waals surface area contributed by atoms with Gasteiger partial charge >= 0.3 is 5.97 Å². The number of carboxylic acid groups (broad SMARTS) is 1. The summed E-state index contributed by atoms with van der Waals surface area (Å²) in [5.74, 6) is -0.725. The van der Waals surface area contributed by atoms with E-state index in [9.17, 15) is 14.7 Å². The van der Waals surface area contributed by atoms with Crippen LogP contribution in [0.25, 0.3) is 0 Å². The molecule has 1 saturated heterocycles. The summed E-state index contributed by atoms with van der Waals surface area (Å²) in [6, 6.07) is 16.5. The summed E-state index contributed by atoms with van der Waals surface area (Å²) in [6.07, 6.45) is 1.56. The third kappa shape index (κ3) is 5.58. The van der Waals surface area contributed by atoms with Crippen LogP contribution < -0.4 is 5.32 Å². The zero-order valence-corrected chi connectivity index (χ0v) is 15.8. The molecular weight excluding hydrogens is 362 g/mol. The van der Waals surface area contributed by atoms with Gasteiger partial charge in [0.05, 0.1) is 6.61 Å². The molecule has 1 aliphatic rings. The Bertz CT molecular complexity index is 758. The molecule has 0 radical (unpaired) electrons. The number of hydrogen-bond donors (Lipinski definition) is 2. The lowest BCUT2D eigenvalue weighted by Crippen LogP contribution is -2.48. The van der Waals surface area contributed by atoms with E-state index in [1.54, 1.807) is 23.9 Å². The highest BCUT2D eigenvalue weighted by Gasteiger charge is 2.31. The zero-order chi connectivity index (χ0) is 19.1. The maximum Gasteiger partial charge on any atom is 0.326 e. The van der Waals surface area contributed by atoms with Gasteiger partial charge in [-0.05, 0) is 42.7 Å². The second-order valence-electron chi connectivity index (χ2n) is 6.57. The molecule has 0 bridgehead atoms. The second-order valence-corrected chi connectivity index (χ2v) is 7.61. The van der Waals surface area contributed by atoms with E-state index in [-0.39, 0.29) is 11.8 Å². The standard InChI is InChI=1S/C21H23NO4S/c23-20(22-19(21(24)25)17-7-4-12-26-13-17)16-8-10-18(11-9-16)27-14-15-5-2-1-3-6-15/h1-3,5-6,8-11,17,19H,4,7,12-14H2,(H,22,23)(H,24,25). The monoisotopic (exact) mass is 385 g/mol. The van der Waals surface area contributed by atoms with Crippen molar-refractivity contribution in [3.63, 3.8) is 0 Å². The highest BCUT2D eigenvalue weighted by molar-refractivity contribution is 7.98. The Hall–Kier alpha value is -2.31. The van der Waals surface area contributed by atoms with E-state index < -0.39 is 12.0 Å². The molecule has 6 heteroatoms. The highest BCUT2D eigenvalue weighted by atomic mass is 32.2. The van der Waals surface area contributed by atoms with E-state index in [1.165, 1.54) is 5.56 Å². The first-order chi connectivity index (χ1) is 13.1. The van der Waals surface area contributed by atoms with Crippen LogP contribution in [0, 0.1) is 5.92 Å². The molecule has 27 heavy (non-hydrogen) atoms. The number of nitrogens with one attached hydrogen (secondary N) is 1. The minimum absolute atomic E-state index is 0.194. The molecule has 2 atom stereocenters. The van der Waals surface area contributed by atoms with Crippen LogP contribution in [0.4, 0.5) is 0 Å². The first-order valence-electron chi connectivity index (χ1n) is 9.01. The molecule has 2 unspecified atom stereocenters. The van der Waals surface area contributed by atoms with Crippen LogP contribution in [-0.2, 0) is 15.3 Å². The number of carbonyl (C=O) groups excluding carboxylic acids is 1. The second kappa shape index (κ2) is 9.58. The Balaban J connectivity index is 1.58. The molecule has 2 aromatic rings. The lowest BCUT2D eigenvalue weighted by Gasteiger charge is -2.28. The molecule has 0 aliphatic carbocycles. The number of aliphatic carboxylic acids is 1. The fraction of sp³-hybridized carbons (Fsp3) is 0.333. The maximum atomic E-state index is 12.5. The summed E-state index contributed by atoms with van der Waals surface area (Å²) in [6.45, 7) is 1.02. The van der Waals surface area contributed by atoms with Crippen molar-refractivity contribution in [2.75, 3.05) is 13.2 Å². The zero-order valence-electron chi connectivity index (χ0n) is 15.0. The van der Waals surface area contributed by atoms with E-state index >= 15 is 0 Å². The quantitative estimate of drug-likeness (QED) is 0.713. The summed E-state index contributed by atoms with van der Waals surface area (Å²) in [5.41, 5.74) is 1.70. The molecule has 142 valence electrons. The summed E-state index contributed by atoms with van der Waals surface area (Å²) in [5, 5.41) is 12.1. The van der Waals surface area contributed by atoms with Crippen LogP contribution in [0.5, 0.6) is 0 Å². The van der Waals surface area contributed by atoms with Gasteiger partial charge in [0.25, 0.3) is 5.91 Å². The van der Waals surface area contributed by atoms with Crippen molar-refractivity contribution in [3.05, 3.63) is 65.7 Å². The molecular formula is C21H23NO4S. The molecule has 0 saturated carbocycles. The van der Waals surface area contributed by atoms with Crippen molar-refractivity contribution in [3.8, 4) is 0 Å². The predicted octanol–water partition coefficient (Wildman–Crippen LogP) is 3.59. The molecule has 1 heterocycles. The Morgan fingerprint density at radius 3 is 2.52 bits per heavy atom. The maximum absolute atomic E-state index is 12.5. The molecule has 0 aromatic heterocycles. The molecule has 0 spiro atoms. The first-order valence-corrected chi connectivity index (χ1v) is 10.0. The van der Waals surface area contributed by atoms with Gasteiger partial charge in [-0.25, -0.2) is 4.79 Å². The lowest BCUT2D eigenvalue weighted by molar-refractivity contribution is -0.142. The normalized spacial score (nSPS) is 17.9. The summed E-state index contributed by atoms with van der Waals surface area (Å²) >= 11 is 1.69. The smallest absolute Gasteiger partial charge is 0.326 e. The SMILES string of the molecule is O=C(NC(C(=O)O)C1CCCOC1)c1ccc(SCc2ccccc2)cc1. The number of hydrogen-bond acceptors (Lipinski definition) is 4. The lowest BCUT2D eigenvalue weighted by atomic mass is 9.93. The van der Waals surface area contributed by atoms with Crippen molar-refractivity contribution in [1.29, 1.82) is 0 Å². The molecule has 1 fully saturated rings. The number of carbonyl (C=O) groups is 2. The first kappa shape index (κ1) is 19.5. The van der Waals surface area contributed by atoms with Crippen LogP contribution in [0.1, 0.15) is 28.8 Å². The number of ether oxygens (including phenoxy) is 1. The average Bonchev–Trinajstić information content (AvgIpc) is 2.72. The van der Waals surface area contributed by atoms with Crippen molar-refractivity contribution >= 4 is 23.6 Å². The van der Waals surface area contributed by atoms with Gasteiger partial charge in [-0.2, -0.15) is 0 Å². The van der Waals surface area contributed by atoms with E-state index in [1.807, 2.05) is 30.3 Å². The van der Waals surface area contributed by atoms with Crippen LogP contribution in [0.15, 0.2) is 59.5 Å².